The van der Waals surface area contributed by atoms with Gasteiger partial charge in [-0.05, 0) is 6.07 Å². The van der Waals surface area contributed by atoms with Crippen molar-refractivity contribution in [2.45, 2.75) is 24.5 Å². The van der Waals surface area contributed by atoms with Crippen molar-refractivity contribution in [1.29, 1.82) is 0 Å². The van der Waals surface area contributed by atoms with E-state index in [4.69, 9.17) is 21.3 Å². The van der Waals surface area contributed by atoms with Crippen LogP contribution < -0.4 is 17.2 Å². The van der Waals surface area contributed by atoms with Crippen LogP contribution in [0.25, 0.3) is 0 Å². The largest absolute Gasteiger partial charge is 0.394 e. The summed E-state index contributed by atoms with van der Waals surface area (Å²) in [7, 11) is 0. The monoisotopic (exact) mass is 242 g/mol. The van der Waals surface area contributed by atoms with Crippen LogP contribution >= 0.6 is 0 Å². The fourth-order valence-corrected chi connectivity index (χ4v) is 1.77. The Morgan fingerprint density at radius 3 is 2.82 bits per heavy atom. The lowest BCUT2D eigenvalue weighted by Crippen LogP contribution is -2.42. The summed E-state index contributed by atoms with van der Waals surface area (Å²) in [6, 6.07) is 0.657. The molecule has 1 aromatic rings. The molecule has 6 N–H and O–H groups in total. The Morgan fingerprint density at radius 2 is 2.29 bits per heavy atom. The van der Waals surface area contributed by atoms with Gasteiger partial charge in [0.15, 0.2) is 6.23 Å². The molecule has 2 rings (SSSR count). The Bertz CT molecular complexity index is 463. The van der Waals surface area contributed by atoms with Crippen molar-refractivity contribution in [3.63, 3.8) is 0 Å². The molecular formula is C9H14N4O4. The maximum Gasteiger partial charge on any atom is 0.351 e. The highest BCUT2D eigenvalue weighted by molar-refractivity contribution is 5.23. The average Bonchev–Trinajstić information content (AvgIpc) is 2.57. The second-order valence-corrected chi connectivity index (χ2v) is 3.86. The first kappa shape index (κ1) is 12.0. The molecule has 8 heteroatoms. The van der Waals surface area contributed by atoms with Crippen molar-refractivity contribution < 1.29 is 14.9 Å². The van der Waals surface area contributed by atoms with Crippen LogP contribution in [-0.2, 0) is 4.74 Å². The van der Waals surface area contributed by atoms with E-state index in [1.165, 1.54) is 12.3 Å². The van der Waals surface area contributed by atoms with Crippen LogP contribution in [0.3, 0.4) is 0 Å². The van der Waals surface area contributed by atoms with E-state index in [9.17, 15) is 9.90 Å². The first-order chi connectivity index (χ1) is 8.04. The summed E-state index contributed by atoms with van der Waals surface area (Å²) < 4.78 is 6.39. The smallest absolute Gasteiger partial charge is 0.351 e. The summed E-state index contributed by atoms with van der Waals surface area (Å²) in [6.07, 6.45) is -1.39. The molecule has 1 aromatic heterocycles. The molecule has 0 saturated carbocycles. The van der Waals surface area contributed by atoms with Crippen LogP contribution in [0.2, 0.25) is 0 Å². The van der Waals surface area contributed by atoms with Gasteiger partial charge in [-0.3, -0.25) is 4.57 Å². The van der Waals surface area contributed by atoms with Gasteiger partial charge in [0, 0.05) is 6.20 Å². The van der Waals surface area contributed by atoms with Crippen LogP contribution in [0.5, 0.6) is 0 Å². The van der Waals surface area contributed by atoms with Crippen molar-refractivity contribution in [3.8, 4) is 0 Å². The van der Waals surface area contributed by atoms with E-state index in [0.29, 0.717) is 0 Å². The second-order valence-electron chi connectivity index (χ2n) is 3.86. The standard InChI is InChI=1S/C9H14N4O4/c10-5-1-2-13(9(16)12-5)8-7(15)6(11)4(3-14)17-8/h1-2,4,6-8,14-15H,3,11H2,(H2,10,12,16)/t4-,6?,7-,8-/m1/s1. The molecule has 94 valence electrons. The first-order valence-corrected chi connectivity index (χ1v) is 5.09. The molecule has 1 saturated heterocycles. The number of nitrogens with two attached hydrogens (primary N) is 2. The molecule has 17 heavy (non-hydrogen) atoms. The topological polar surface area (TPSA) is 137 Å². The Morgan fingerprint density at radius 1 is 1.59 bits per heavy atom. The zero-order chi connectivity index (χ0) is 12.6. The number of aliphatic hydroxyl groups is 2. The highest BCUT2D eigenvalue weighted by Gasteiger charge is 2.42. The van der Waals surface area contributed by atoms with Gasteiger partial charge in [0.2, 0.25) is 0 Å². The molecule has 1 fully saturated rings. The van der Waals surface area contributed by atoms with E-state index in [-0.39, 0.29) is 12.4 Å². The molecule has 0 amide bonds. The minimum absolute atomic E-state index is 0.0849. The normalized spacial score (nSPS) is 32.9. The van der Waals surface area contributed by atoms with E-state index in [0.717, 1.165) is 4.57 Å². The quantitative estimate of drug-likeness (QED) is 0.446. The number of nitrogens with zero attached hydrogens (tertiary/aromatic N) is 2. The van der Waals surface area contributed by atoms with E-state index in [2.05, 4.69) is 4.98 Å². The summed E-state index contributed by atoms with van der Waals surface area (Å²) in [5.74, 6) is 0.0849. The second kappa shape index (κ2) is 4.41. The molecule has 2 heterocycles. The average molecular weight is 242 g/mol. The minimum Gasteiger partial charge on any atom is -0.394 e. The lowest BCUT2D eigenvalue weighted by molar-refractivity contribution is -0.0531. The van der Waals surface area contributed by atoms with Gasteiger partial charge < -0.3 is 26.4 Å². The summed E-state index contributed by atoms with van der Waals surface area (Å²) in [5.41, 5.74) is 10.4. The molecule has 4 atom stereocenters. The van der Waals surface area contributed by atoms with E-state index < -0.39 is 30.2 Å². The van der Waals surface area contributed by atoms with Crippen molar-refractivity contribution in [2.75, 3.05) is 12.3 Å². The Balaban J connectivity index is 2.32. The van der Waals surface area contributed by atoms with E-state index in [1.807, 2.05) is 0 Å². The highest BCUT2D eigenvalue weighted by atomic mass is 16.5. The third kappa shape index (κ3) is 2.03. The van der Waals surface area contributed by atoms with Gasteiger partial charge in [0.05, 0.1) is 12.6 Å². The van der Waals surface area contributed by atoms with Crippen LogP contribution in [0.1, 0.15) is 6.23 Å². The molecule has 1 aliphatic heterocycles. The van der Waals surface area contributed by atoms with Gasteiger partial charge in [-0.1, -0.05) is 0 Å². The zero-order valence-electron chi connectivity index (χ0n) is 8.93. The maximum atomic E-state index is 11.6. The third-order valence-corrected chi connectivity index (χ3v) is 2.74. The van der Waals surface area contributed by atoms with Crippen molar-refractivity contribution >= 4 is 5.82 Å². The van der Waals surface area contributed by atoms with Gasteiger partial charge in [0.25, 0.3) is 0 Å². The summed E-state index contributed by atoms with van der Waals surface area (Å²) in [5, 5.41) is 18.8. The third-order valence-electron chi connectivity index (χ3n) is 2.74. The molecular weight excluding hydrogens is 228 g/mol. The molecule has 0 radical (unpaired) electrons. The van der Waals surface area contributed by atoms with Crippen LogP contribution in [0.15, 0.2) is 17.1 Å². The molecule has 1 unspecified atom stereocenters. The molecule has 0 aromatic carbocycles. The molecule has 1 aliphatic rings. The predicted molar refractivity (Wildman–Crippen MR) is 57.9 cm³/mol. The SMILES string of the molecule is Nc1ccn([C@@H]2O[C@H](CO)C(N)[C@H]2O)c(=O)n1. The van der Waals surface area contributed by atoms with Crippen molar-refractivity contribution in [1.82, 2.24) is 9.55 Å². The van der Waals surface area contributed by atoms with Gasteiger partial charge >= 0.3 is 5.69 Å². The number of hydrogen-bond acceptors (Lipinski definition) is 7. The summed E-state index contributed by atoms with van der Waals surface area (Å²) >= 11 is 0. The highest BCUT2D eigenvalue weighted by Crippen LogP contribution is 2.26. The molecule has 0 bridgehead atoms. The molecule has 8 nitrogen and oxygen atoms in total. The van der Waals surface area contributed by atoms with Gasteiger partial charge in [-0.25, -0.2) is 4.79 Å². The summed E-state index contributed by atoms with van der Waals surface area (Å²) in [6.45, 7) is -0.328. The maximum absolute atomic E-state index is 11.6. The first-order valence-electron chi connectivity index (χ1n) is 5.09. The van der Waals surface area contributed by atoms with E-state index in [1.54, 1.807) is 0 Å². The Kier molecular flexibility index (Phi) is 3.11. The number of aliphatic hydroxyl groups excluding tert-OH is 2. The number of ether oxygens (including phenoxy) is 1. The fraction of sp³-hybridized carbons (Fsp3) is 0.556. The van der Waals surface area contributed by atoms with Gasteiger partial charge in [-0.2, -0.15) is 4.98 Å². The van der Waals surface area contributed by atoms with Gasteiger partial charge in [-0.15, -0.1) is 0 Å². The molecule has 0 aliphatic carbocycles. The van der Waals surface area contributed by atoms with Crippen molar-refractivity contribution in [2.24, 2.45) is 5.73 Å². The van der Waals surface area contributed by atoms with Crippen LogP contribution in [-0.4, -0.2) is 44.6 Å². The lowest BCUT2D eigenvalue weighted by Gasteiger charge is -2.17. The number of rotatable bonds is 2. The van der Waals surface area contributed by atoms with Crippen LogP contribution in [0.4, 0.5) is 5.82 Å². The Hall–Kier alpha value is -1.48. The summed E-state index contributed by atoms with van der Waals surface area (Å²) in [4.78, 5) is 15.1. The van der Waals surface area contributed by atoms with Gasteiger partial charge in [0.1, 0.15) is 18.0 Å². The predicted octanol–water partition coefficient (Wildman–Crippen LogP) is -2.60. The Labute approximate surface area is 96.4 Å². The molecule has 0 spiro atoms. The fourth-order valence-electron chi connectivity index (χ4n) is 1.77. The van der Waals surface area contributed by atoms with Crippen LogP contribution in [0, 0.1) is 0 Å². The van der Waals surface area contributed by atoms with Crippen molar-refractivity contribution in [3.05, 3.63) is 22.7 Å². The number of nitrogen functional groups attached to an aromatic ring is 1. The number of aromatic nitrogens is 2. The number of hydrogen-bond donors (Lipinski definition) is 4. The lowest BCUT2D eigenvalue weighted by atomic mass is 10.1. The minimum atomic E-state index is -1.09. The zero-order valence-corrected chi connectivity index (χ0v) is 8.93. The number of anilines is 1. The van der Waals surface area contributed by atoms with E-state index >= 15 is 0 Å².